The molecule has 6 atom stereocenters. The lowest BCUT2D eigenvalue weighted by atomic mass is 9.97. The Hall–Kier alpha value is -5.28. The molecule has 3 rings (SSSR count). The summed E-state index contributed by atoms with van der Waals surface area (Å²) in [6, 6.07) is 4.71. The predicted molar refractivity (Wildman–Crippen MR) is 192 cm³/mol. The minimum absolute atomic E-state index is 0.0281. The van der Waals surface area contributed by atoms with Gasteiger partial charge in [-0.2, -0.15) is 0 Å². The SMILES string of the molecule is CC[C@H](C)[C@H](NC(=O)[C@H]1CCCN1C(=O)CNC(=O)[C@H](C)NC(=O)[C@H](Cc1cnc[nH]1)NC(=O)[C@@H](NC(C)=O)C(C)C)C(=O)NCc1ccccc1. The number of benzene rings is 1. The number of amides is 7. The lowest BCUT2D eigenvalue weighted by molar-refractivity contribution is -0.140. The first kappa shape index (κ1) is 41.1. The second kappa shape index (κ2) is 19.9. The Labute approximate surface area is 304 Å². The molecule has 1 saturated heterocycles. The van der Waals surface area contributed by atoms with Gasteiger partial charge in [-0.1, -0.05) is 64.4 Å². The number of likely N-dealkylation sites (tertiary alicyclic amines) is 1. The summed E-state index contributed by atoms with van der Waals surface area (Å²) in [6.45, 7) is 10.2. The number of nitrogens with zero attached hydrogens (tertiary/aromatic N) is 2. The van der Waals surface area contributed by atoms with Crippen molar-refractivity contribution < 1.29 is 33.6 Å². The van der Waals surface area contributed by atoms with Crippen molar-refractivity contribution in [2.24, 2.45) is 11.8 Å². The number of nitrogens with one attached hydrogen (secondary N) is 7. The zero-order valence-corrected chi connectivity index (χ0v) is 30.8. The standard InChI is InChI=1S/C36H53N9O7/c1-7-22(4)31(35(51)38-17-25-12-9-8-10-13-25)44-34(50)28-14-11-15-45(28)29(47)19-39-32(48)23(5)41-33(49)27(16-26-18-37-20-40-26)43-36(52)30(21(2)3)42-24(6)46/h8-10,12-13,18,20-23,27-28,30-31H,7,11,14-17,19H2,1-6H3,(H,37,40)(H,38,51)(H,39,48)(H,41,49)(H,42,46)(H,43,52)(H,44,50)/t22-,23-,27-,28+,30-,31-/m0/s1. The quantitative estimate of drug-likeness (QED) is 0.111. The van der Waals surface area contributed by atoms with Crippen LogP contribution in [0.2, 0.25) is 0 Å². The highest BCUT2D eigenvalue weighted by atomic mass is 16.2. The molecular formula is C36H53N9O7. The molecule has 0 saturated carbocycles. The summed E-state index contributed by atoms with van der Waals surface area (Å²) >= 11 is 0. The van der Waals surface area contributed by atoms with Crippen molar-refractivity contribution in [1.29, 1.82) is 0 Å². The molecule has 1 aromatic carbocycles. The number of imidazole rings is 1. The van der Waals surface area contributed by atoms with Crippen LogP contribution in [0.4, 0.5) is 0 Å². The van der Waals surface area contributed by atoms with Crippen LogP contribution in [-0.4, -0.2) is 99.5 Å². The van der Waals surface area contributed by atoms with Crippen LogP contribution in [-0.2, 0) is 46.5 Å². The highest BCUT2D eigenvalue weighted by molar-refractivity contribution is 5.96. The van der Waals surface area contributed by atoms with Crippen molar-refractivity contribution in [3.63, 3.8) is 0 Å². The van der Waals surface area contributed by atoms with E-state index < -0.39 is 72.2 Å². The Balaban J connectivity index is 1.57. The molecule has 2 aromatic rings. The Kier molecular flexibility index (Phi) is 15.8. The van der Waals surface area contributed by atoms with Crippen LogP contribution in [0.15, 0.2) is 42.9 Å². The third-order valence-corrected chi connectivity index (χ3v) is 9.06. The van der Waals surface area contributed by atoms with E-state index in [0.29, 0.717) is 38.0 Å². The number of rotatable bonds is 18. The maximum absolute atomic E-state index is 13.4. The van der Waals surface area contributed by atoms with Crippen LogP contribution >= 0.6 is 0 Å². The number of carbonyl (C=O) groups excluding carboxylic acids is 7. The lowest BCUT2D eigenvalue weighted by Gasteiger charge is -2.29. The van der Waals surface area contributed by atoms with Crippen LogP contribution in [0.3, 0.4) is 0 Å². The van der Waals surface area contributed by atoms with Crippen molar-refractivity contribution >= 4 is 41.4 Å². The molecule has 1 aromatic heterocycles. The lowest BCUT2D eigenvalue weighted by Crippen LogP contribution is -2.58. The number of aromatic amines is 1. The molecule has 1 fully saturated rings. The zero-order chi connectivity index (χ0) is 38.4. The summed E-state index contributed by atoms with van der Waals surface area (Å²) in [5.74, 6) is -3.97. The fourth-order valence-corrected chi connectivity index (χ4v) is 5.82. The van der Waals surface area contributed by atoms with E-state index in [1.54, 1.807) is 13.8 Å². The van der Waals surface area contributed by atoms with Gasteiger partial charge in [0.2, 0.25) is 41.4 Å². The monoisotopic (exact) mass is 723 g/mol. The Bertz CT molecular complexity index is 1530. The van der Waals surface area contributed by atoms with Gasteiger partial charge in [-0.15, -0.1) is 0 Å². The molecule has 1 aliphatic heterocycles. The van der Waals surface area contributed by atoms with Gasteiger partial charge in [-0.3, -0.25) is 33.6 Å². The topological polar surface area (TPSA) is 224 Å². The van der Waals surface area contributed by atoms with Gasteiger partial charge in [-0.25, -0.2) is 4.98 Å². The fraction of sp³-hybridized carbons (Fsp3) is 0.556. The van der Waals surface area contributed by atoms with Gasteiger partial charge in [0.15, 0.2) is 0 Å². The van der Waals surface area contributed by atoms with Gasteiger partial charge in [-0.05, 0) is 37.2 Å². The molecule has 0 bridgehead atoms. The molecule has 16 nitrogen and oxygen atoms in total. The highest BCUT2D eigenvalue weighted by Gasteiger charge is 2.37. The maximum atomic E-state index is 13.4. The van der Waals surface area contributed by atoms with Crippen molar-refractivity contribution in [3.8, 4) is 0 Å². The molecule has 0 aliphatic carbocycles. The van der Waals surface area contributed by atoms with Crippen molar-refractivity contribution in [1.82, 2.24) is 46.8 Å². The fourth-order valence-electron chi connectivity index (χ4n) is 5.82. The minimum atomic E-state index is -1.12. The second-order valence-corrected chi connectivity index (χ2v) is 13.5. The number of aromatic nitrogens is 2. The van der Waals surface area contributed by atoms with Crippen LogP contribution in [0.5, 0.6) is 0 Å². The summed E-state index contributed by atoms with van der Waals surface area (Å²) in [5, 5.41) is 16.1. The molecule has 16 heteroatoms. The van der Waals surface area contributed by atoms with E-state index >= 15 is 0 Å². The summed E-state index contributed by atoms with van der Waals surface area (Å²) in [6.07, 6.45) is 4.57. The second-order valence-electron chi connectivity index (χ2n) is 13.5. The van der Waals surface area contributed by atoms with E-state index in [1.165, 1.54) is 31.3 Å². The maximum Gasteiger partial charge on any atom is 0.243 e. The first-order valence-electron chi connectivity index (χ1n) is 17.8. The molecule has 7 N–H and O–H groups in total. The summed E-state index contributed by atoms with van der Waals surface area (Å²) < 4.78 is 0. The molecule has 0 unspecified atom stereocenters. The molecule has 52 heavy (non-hydrogen) atoms. The van der Waals surface area contributed by atoms with E-state index in [1.807, 2.05) is 44.2 Å². The van der Waals surface area contributed by atoms with Crippen LogP contribution in [0, 0.1) is 11.8 Å². The molecule has 0 radical (unpaired) electrons. The third kappa shape index (κ3) is 12.2. The molecule has 1 aliphatic rings. The summed E-state index contributed by atoms with van der Waals surface area (Å²) in [4.78, 5) is 99.2. The average molecular weight is 724 g/mol. The largest absolute Gasteiger partial charge is 0.350 e. The van der Waals surface area contributed by atoms with Gasteiger partial charge in [0.05, 0.1) is 12.9 Å². The van der Waals surface area contributed by atoms with Gasteiger partial charge in [0.25, 0.3) is 0 Å². The molecular weight excluding hydrogens is 670 g/mol. The predicted octanol–water partition coefficient (Wildman–Crippen LogP) is 0.0569. The van der Waals surface area contributed by atoms with Crippen LogP contribution in [0.1, 0.15) is 72.1 Å². The number of H-pyrrole nitrogens is 1. The molecule has 2 heterocycles. The van der Waals surface area contributed by atoms with Gasteiger partial charge >= 0.3 is 0 Å². The minimum Gasteiger partial charge on any atom is -0.350 e. The molecule has 284 valence electrons. The smallest absolute Gasteiger partial charge is 0.243 e. The third-order valence-electron chi connectivity index (χ3n) is 9.06. The zero-order valence-electron chi connectivity index (χ0n) is 30.8. The van der Waals surface area contributed by atoms with Crippen LogP contribution < -0.4 is 31.9 Å². The number of carbonyl (C=O) groups is 7. The van der Waals surface area contributed by atoms with E-state index in [0.717, 1.165) is 5.56 Å². The van der Waals surface area contributed by atoms with E-state index in [-0.39, 0.29) is 24.2 Å². The van der Waals surface area contributed by atoms with Gasteiger partial charge in [0.1, 0.15) is 30.2 Å². The van der Waals surface area contributed by atoms with E-state index in [4.69, 9.17) is 0 Å². The average Bonchev–Trinajstić information content (AvgIpc) is 3.83. The Morgan fingerprint density at radius 1 is 0.865 bits per heavy atom. The van der Waals surface area contributed by atoms with E-state index in [2.05, 4.69) is 41.9 Å². The molecule has 0 spiro atoms. The van der Waals surface area contributed by atoms with Crippen molar-refractivity contribution in [3.05, 3.63) is 54.1 Å². The highest BCUT2D eigenvalue weighted by Crippen LogP contribution is 2.19. The Morgan fingerprint density at radius 2 is 1.58 bits per heavy atom. The summed E-state index contributed by atoms with van der Waals surface area (Å²) in [7, 11) is 0. The first-order valence-corrected chi connectivity index (χ1v) is 17.8. The normalized spacial score (nSPS) is 16.8. The van der Waals surface area contributed by atoms with Crippen LogP contribution in [0.25, 0.3) is 0 Å². The number of hydrogen-bond acceptors (Lipinski definition) is 8. The van der Waals surface area contributed by atoms with Crippen molar-refractivity contribution in [2.75, 3.05) is 13.1 Å². The number of hydrogen-bond donors (Lipinski definition) is 7. The van der Waals surface area contributed by atoms with E-state index in [9.17, 15) is 33.6 Å². The molecule has 7 amide bonds. The summed E-state index contributed by atoms with van der Waals surface area (Å²) in [5.41, 5.74) is 1.48. The van der Waals surface area contributed by atoms with Gasteiger partial charge in [0, 0.05) is 38.3 Å². The van der Waals surface area contributed by atoms with Gasteiger partial charge < -0.3 is 41.8 Å². The Morgan fingerprint density at radius 3 is 2.19 bits per heavy atom. The first-order chi connectivity index (χ1) is 24.7. The van der Waals surface area contributed by atoms with Crippen molar-refractivity contribution in [2.45, 2.75) is 104 Å².